The van der Waals surface area contributed by atoms with E-state index in [1.54, 1.807) is 7.11 Å². The predicted octanol–water partition coefficient (Wildman–Crippen LogP) is 4.66. The van der Waals surface area contributed by atoms with E-state index < -0.39 is 11.5 Å². The smallest absolute Gasteiger partial charge is 0.222 e. The van der Waals surface area contributed by atoms with Crippen molar-refractivity contribution in [3.8, 4) is 11.8 Å². The van der Waals surface area contributed by atoms with Crippen molar-refractivity contribution in [2.24, 2.45) is 17.3 Å². The molecule has 2 heterocycles. The number of hydrogen-bond donors (Lipinski definition) is 1. The van der Waals surface area contributed by atoms with Gasteiger partial charge in [0.15, 0.2) is 0 Å². The number of likely N-dealkylation sites (tertiary alicyclic amines) is 1. The van der Waals surface area contributed by atoms with Crippen molar-refractivity contribution < 1.29 is 19.4 Å². The molecule has 0 aromatic heterocycles. The Kier molecular flexibility index (Phi) is 10.6. The van der Waals surface area contributed by atoms with Crippen LogP contribution < -0.4 is 4.74 Å². The maximum Gasteiger partial charge on any atom is 0.222 e. The Labute approximate surface area is 239 Å². The molecule has 2 saturated heterocycles. The number of nitriles is 1. The van der Waals surface area contributed by atoms with Crippen LogP contribution in [0, 0.1) is 28.6 Å². The van der Waals surface area contributed by atoms with E-state index in [-0.39, 0.29) is 5.91 Å². The van der Waals surface area contributed by atoms with Gasteiger partial charge in [-0.2, -0.15) is 5.26 Å². The van der Waals surface area contributed by atoms with Gasteiger partial charge in [0, 0.05) is 44.6 Å². The minimum absolute atomic E-state index is 0.133. The number of benzene rings is 2. The van der Waals surface area contributed by atoms with Crippen LogP contribution >= 0.6 is 0 Å². The first-order valence-corrected chi connectivity index (χ1v) is 14.7. The molecule has 7 heteroatoms. The average Bonchev–Trinajstić information content (AvgIpc) is 2.96. The summed E-state index contributed by atoms with van der Waals surface area (Å²) in [5, 5.41) is 20.5. The lowest BCUT2D eigenvalue weighted by atomic mass is 9.80. The molecule has 0 spiro atoms. The van der Waals surface area contributed by atoms with Crippen molar-refractivity contribution in [1.29, 1.82) is 5.26 Å². The molecule has 2 aromatic carbocycles. The summed E-state index contributed by atoms with van der Waals surface area (Å²) in [4.78, 5) is 18.2. The normalized spacial score (nSPS) is 24.6. The molecular formula is C33H45N3O4. The first-order valence-electron chi connectivity index (χ1n) is 14.7. The summed E-state index contributed by atoms with van der Waals surface area (Å²) in [6.45, 7) is 8.73. The van der Waals surface area contributed by atoms with Crippen molar-refractivity contribution in [1.82, 2.24) is 9.80 Å². The molecule has 1 N–H and O–H groups in total. The number of β-amino-alcohol motifs (C(OH)–C–C–N with tert-alkyl or cyclic N) is 1. The number of methoxy groups -OCH3 is 1. The predicted molar refractivity (Wildman–Crippen MR) is 156 cm³/mol. The highest BCUT2D eigenvalue weighted by Gasteiger charge is 2.35. The minimum atomic E-state index is -0.671. The summed E-state index contributed by atoms with van der Waals surface area (Å²) >= 11 is 0. The molecule has 40 heavy (non-hydrogen) atoms. The van der Waals surface area contributed by atoms with E-state index in [4.69, 9.17) is 9.47 Å². The second-order valence-electron chi connectivity index (χ2n) is 12.2. The summed E-state index contributed by atoms with van der Waals surface area (Å²) in [7, 11) is 1.66. The number of aliphatic hydroxyl groups excluding tert-OH is 1. The van der Waals surface area contributed by atoms with E-state index in [0.29, 0.717) is 50.1 Å². The van der Waals surface area contributed by atoms with E-state index in [1.807, 2.05) is 61.2 Å². The van der Waals surface area contributed by atoms with Crippen LogP contribution in [0.3, 0.4) is 0 Å². The lowest BCUT2D eigenvalue weighted by molar-refractivity contribution is -0.136. The largest absolute Gasteiger partial charge is 0.497 e. The summed E-state index contributed by atoms with van der Waals surface area (Å²) in [6.07, 6.45) is 3.49. The molecule has 2 fully saturated rings. The van der Waals surface area contributed by atoms with Crippen molar-refractivity contribution in [3.05, 3.63) is 65.2 Å². The Bertz CT molecular complexity index is 1140. The fourth-order valence-corrected chi connectivity index (χ4v) is 5.96. The summed E-state index contributed by atoms with van der Waals surface area (Å²) in [6, 6.07) is 18.1. The fraction of sp³-hybridized carbons (Fsp3) is 0.576. The van der Waals surface area contributed by atoms with Gasteiger partial charge < -0.3 is 19.5 Å². The third-order valence-electron chi connectivity index (χ3n) is 8.69. The molecule has 2 aliphatic rings. The van der Waals surface area contributed by atoms with Gasteiger partial charge in [0.05, 0.1) is 31.5 Å². The van der Waals surface area contributed by atoms with Crippen LogP contribution in [0.4, 0.5) is 0 Å². The zero-order valence-electron chi connectivity index (χ0n) is 24.3. The average molecular weight is 548 g/mol. The second-order valence-corrected chi connectivity index (χ2v) is 12.2. The van der Waals surface area contributed by atoms with Gasteiger partial charge in [-0.1, -0.05) is 38.1 Å². The van der Waals surface area contributed by atoms with Crippen molar-refractivity contribution in [3.63, 3.8) is 0 Å². The zero-order valence-corrected chi connectivity index (χ0v) is 24.3. The molecular weight excluding hydrogens is 502 g/mol. The maximum absolute atomic E-state index is 13.8. The molecule has 0 bridgehead atoms. The first kappa shape index (κ1) is 30.0. The molecule has 216 valence electrons. The lowest BCUT2D eigenvalue weighted by Crippen LogP contribution is -2.47. The SMILES string of the molecule is COc1ccc(CCN2C[C@H](O)C(C)(C)COCCC[C@H]3CN(Cc4cccc(C#N)c4)CC[C@H]3CC2=O)cc1. The maximum atomic E-state index is 13.8. The van der Waals surface area contributed by atoms with E-state index >= 15 is 0 Å². The van der Waals surface area contributed by atoms with Gasteiger partial charge in [0.1, 0.15) is 5.75 Å². The van der Waals surface area contributed by atoms with Crippen molar-refractivity contribution in [2.45, 2.75) is 58.6 Å². The second kappa shape index (κ2) is 14.1. The minimum Gasteiger partial charge on any atom is -0.497 e. The Hall–Kier alpha value is -2.92. The molecule has 7 nitrogen and oxygen atoms in total. The quantitative estimate of drug-likeness (QED) is 0.566. The summed E-state index contributed by atoms with van der Waals surface area (Å²) in [5.74, 6) is 1.66. The number of rotatable bonds is 6. The van der Waals surface area contributed by atoms with E-state index in [9.17, 15) is 15.2 Å². The number of nitrogens with zero attached hydrogens (tertiary/aromatic N) is 3. The number of hydrogen-bond acceptors (Lipinski definition) is 6. The number of carbonyl (C=O) groups is 1. The topological polar surface area (TPSA) is 86.0 Å². The van der Waals surface area contributed by atoms with E-state index in [2.05, 4.69) is 17.0 Å². The molecule has 0 unspecified atom stereocenters. The zero-order chi connectivity index (χ0) is 28.5. The van der Waals surface area contributed by atoms with Gasteiger partial charge in [-0.05, 0) is 79.5 Å². The Balaban J connectivity index is 1.46. The van der Waals surface area contributed by atoms with Crippen LogP contribution in [0.15, 0.2) is 48.5 Å². The number of piperidine rings is 1. The molecule has 2 aromatic rings. The number of aliphatic hydroxyl groups is 1. The van der Waals surface area contributed by atoms with Gasteiger partial charge in [-0.3, -0.25) is 9.69 Å². The lowest BCUT2D eigenvalue weighted by Gasteiger charge is -2.39. The molecule has 1 amide bonds. The fourth-order valence-electron chi connectivity index (χ4n) is 5.96. The van der Waals surface area contributed by atoms with Crippen LogP contribution in [0.5, 0.6) is 5.75 Å². The molecule has 2 aliphatic heterocycles. The first-order chi connectivity index (χ1) is 19.3. The molecule has 0 aliphatic carbocycles. The Morgan fingerprint density at radius 2 is 1.90 bits per heavy atom. The number of carbonyl (C=O) groups excluding carboxylic acids is 1. The Morgan fingerprint density at radius 3 is 2.65 bits per heavy atom. The van der Waals surface area contributed by atoms with Crippen LogP contribution in [0.25, 0.3) is 0 Å². The van der Waals surface area contributed by atoms with Gasteiger partial charge >= 0.3 is 0 Å². The molecule has 3 atom stereocenters. The van der Waals surface area contributed by atoms with Gasteiger partial charge in [-0.25, -0.2) is 0 Å². The van der Waals surface area contributed by atoms with Crippen molar-refractivity contribution in [2.75, 3.05) is 46.5 Å². The van der Waals surface area contributed by atoms with Crippen LogP contribution in [-0.4, -0.2) is 73.4 Å². The number of ether oxygens (including phenoxy) is 2. The van der Waals surface area contributed by atoms with Crippen LogP contribution in [0.1, 0.15) is 56.2 Å². The highest BCUT2D eigenvalue weighted by atomic mass is 16.5. The highest BCUT2D eigenvalue weighted by molar-refractivity contribution is 5.76. The third kappa shape index (κ3) is 8.30. The Morgan fingerprint density at radius 1 is 1.10 bits per heavy atom. The number of fused-ring (bicyclic) bond motifs is 1. The molecule has 0 radical (unpaired) electrons. The molecule has 4 rings (SSSR count). The van der Waals surface area contributed by atoms with Crippen molar-refractivity contribution >= 4 is 5.91 Å². The summed E-state index contributed by atoms with van der Waals surface area (Å²) < 4.78 is 11.3. The highest BCUT2D eigenvalue weighted by Crippen LogP contribution is 2.33. The van der Waals surface area contributed by atoms with Gasteiger partial charge in [0.2, 0.25) is 5.91 Å². The van der Waals surface area contributed by atoms with Crippen LogP contribution in [-0.2, 0) is 22.5 Å². The standard InChI is InChI=1S/C33H45N3O4/c1-33(2)24-40-17-5-8-29-22-35(21-27-7-4-6-26(18-27)20-34)15-14-28(29)19-32(38)36(23-31(33)37)16-13-25-9-11-30(39-3)12-10-25/h4,6-7,9-12,18,28-29,31,37H,5,8,13-17,19,21-24H2,1-3H3/t28-,29-,31-/m0/s1. The van der Waals surface area contributed by atoms with Gasteiger partial charge in [0.25, 0.3) is 0 Å². The molecule has 0 saturated carbocycles. The van der Waals surface area contributed by atoms with E-state index in [0.717, 1.165) is 62.2 Å². The summed E-state index contributed by atoms with van der Waals surface area (Å²) in [5.41, 5.74) is 2.54. The monoisotopic (exact) mass is 547 g/mol. The van der Waals surface area contributed by atoms with Gasteiger partial charge in [-0.15, -0.1) is 0 Å². The number of amides is 1. The van der Waals surface area contributed by atoms with Crippen LogP contribution in [0.2, 0.25) is 0 Å². The third-order valence-corrected chi connectivity index (χ3v) is 8.69. The van der Waals surface area contributed by atoms with E-state index in [1.165, 1.54) is 0 Å².